The van der Waals surface area contributed by atoms with E-state index in [2.05, 4.69) is 24.1 Å². The van der Waals surface area contributed by atoms with Gasteiger partial charge in [-0.05, 0) is 50.1 Å². The molecule has 0 unspecified atom stereocenters. The standard InChI is InChI=1S/C27H27N3O3S/c1-4-30(5-2)22-14-12-19(13-15-22)16-21(17-28)25(31)29-26-24(27(32)33-6-3)23(18-34-26)20-10-8-7-9-11-20/h7-16,18H,4-6H2,1-3H3,(H,29,31). The summed E-state index contributed by atoms with van der Waals surface area (Å²) in [5, 5.41) is 14.5. The van der Waals surface area contributed by atoms with Crippen molar-refractivity contribution in [2.24, 2.45) is 0 Å². The molecule has 0 saturated heterocycles. The van der Waals surface area contributed by atoms with Crippen LogP contribution in [0.25, 0.3) is 17.2 Å². The van der Waals surface area contributed by atoms with Crippen LogP contribution in [0.4, 0.5) is 10.7 Å². The first-order chi connectivity index (χ1) is 16.5. The minimum atomic E-state index is -0.581. The molecule has 3 rings (SSSR count). The van der Waals surface area contributed by atoms with Gasteiger partial charge in [0.25, 0.3) is 5.91 Å². The zero-order chi connectivity index (χ0) is 24.5. The van der Waals surface area contributed by atoms with Crippen LogP contribution in [0.15, 0.2) is 65.6 Å². The van der Waals surface area contributed by atoms with Crippen LogP contribution in [0.1, 0.15) is 36.7 Å². The van der Waals surface area contributed by atoms with E-state index in [0.29, 0.717) is 10.6 Å². The van der Waals surface area contributed by atoms with Crippen LogP contribution in [-0.4, -0.2) is 31.6 Å². The molecule has 0 saturated carbocycles. The Labute approximate surface area is 204 Å². The van der Waals surface area contributed by atoms with Crippen molar-refractivity contribution in [3.63, 3.8) is 0 Å². The Kier molecular flexibility index (Phi) is 8.60. The second kappa shape index (κ2) is 11.8. The summed E-state index contributed by atoms with van der Waals surface area (Å²) < 4.78 is 5.23. The number of hydrogen-bond acceptors (Lipinski definition) is 6. The van der Waals surface area contributed by atoms with Gasteiger partial charge in [0, 0.05) is 29.7 Å². The summed E-state index contributed by atoms with van der Waals surface area (Å²) in [5.41, 5.74) is 3.56. The van der Waals surface area contributed by atoms with Crippen molar-refractivity contribution < 1.29 is 14.3 Å². The molecule has 2 aromatic carbocycles. The summed E-state index contributed by atoms with van der Waals surface area (Å²) in [6.07, 6.45) is 1.54. The van der Waals surface area contributed by atoms with Gasteiger partial charge in [-0.2, -0.15) is 5.26 Å². The lowest BCUT2D eigenvalue weighted by Crippen LogP contribution is -2.21. The number of nitrogens with zero attached hydrogens (tertiary/aromatic N) is 2. The van der Waals surface area contributed by atoms with E-state index >= 15 is 0 Å². The van der Waals surface area contributed by atoms with Gasteiger partial charge < -0.3 is 15.0 Å². The lowest BCUT2D eigenvalue weighted by Gasteiger charge is -2.20. The van der Waals surface area contributed by atoms with E-state index in [9.17, 15) is 14.9 Å². The van der Waals surface area contributed by atoms with Crippen LogP contribution in [0.3, 0.4) is 0 Å². The van der Waals surface area contributed by atoms with Gasteiger partial charge in [0.05, 0.1) is 6.61 Å². The molecule has 7 heteroatoms. The quantitative estimate of drug-likeness (QED) is 0.235. The smallest absolute Gasteiger partial charge is 0.341 e. The highest BCUT2D eigenvalue weighted by Crippen LogP contribution is 2.36. The fourth-order valence-corrected chi connectivity index (χ4v) is 4.49. The molecule has 0 atom stereocenters. The SMILES string of the molecule is CCOC(=O)c1c(-c2ccccc2)csc1NC(=O)C(C#N)=Cc1ccc(N(CC)CC)cc1. The van der Waals surface area contributed by atoms with Crippen molar-refractivity contribution in [2.45, 2.75) is 20.8 Å². The molecule has 3 aromatic rings. The summed E-state index contributed by atoms with van der Waals surface area (Å²) in [4.78, 5) is 27.9. The maximum Gasteiger partial charge on any atom is 0.341 e. The van der Waals surface area contributed by atoms with Crippen LogP contribution >= 0.6 is 11.3 Å². The summed E-state index contributed by atoms with van der Waals surface area (Å²) in [7, 11) is 0. The van der Waals surface area contributed by atoms with E-state index in [1.165, 1.54) is 17.4 Å². The Morgan fingerprint density at radius 1 is 1.06 bits per heavy atom. The molecule has 34 heavy (non-hydrogen) atoms. The molecule has 0 bridgehead atoms. The first-order valence-electron chi connectivity index (χ1n) is 11.1. The monoisotopic (exact) mass is 473 g/mol. The minimum absolute atomic E-state index is 0.0555. The van der Waals surface area contributed by atoms with E-state index in [0.717, 1.165) is 29.9 Å². The average Bonchev–Trinajstić information content (AvgIpc) is 3.28. The van der Waals surface area contributed by atoms with Gasteiger partial charge in [0.1, 0.15) is 22.2 Å². The highest BCUT2D eigenvalue weighted by atomic mass is 32.1. The van der Waals surface area contributed by atoms with Gasteiger partial charge in [-0.25, -0.2) is 4.79 Å². The predicted molar refractivity (Wildman–Crippen MR) is 138 cm³/mol. The molecule has 1 aromatic heterocycles. The molecule has 0 aliphatic heterocycles. The summed E-state index contributed by atoms with van der Waals surface area (Å²) in [5.74, 6) is -1.10. The summed E-state index contributed by atoms with van der Waals surface area (Å²) >= 11 is 1.22. The Morgan fingerprint density at radius 3 is 2.32 bits per heavy atom. The zero-order valence-electron chi connectivity index (χ0n) is 19.5. The largest absolute Gasteiger partial charge is 0.462 e. The second-order valence-electron chi connectivity index (χ2n) is 7.33. The zero-order valence-corrected chi connectivity index (χ0v) is 20.3. The number of nitrogens with one attached hydrogen (secondary N) is 1. The van der Waals surface area contributed by atoms with Crippen molar-refractivity contribution in [3.8, 4) is 17.2 Å². The van der Waals surface area contributed by atoms with Crippen molar-refractivity contribution >= 4 is 40.0 Å². The van der Waals surface area contributed by atoms with E-state index in [1.54, 1.807) is 12.3 Å². The van der Waals surface area contributed by atoms with Crippen molar-refractivity contribution in [2.75, 3.05) is 29.9 Å². The summed E-state index contributed by atoms with van der Waals surface area (Å²) in [6, 6.07) is 19.1. The topological polar surface area (TPSA) is 82.4 Å². The lowest BCUT2D eigenvalue weighted by atomic mass is 10.0. The van der Waals surface area contributed by atoms with E-state index < -0.39 is 11.9 Å². The highest BCUT2D eigenvalue weighted by molar-refractivity contribution is 7.15. The third-order valence-electron chi connectivity index (χ3n) is 5.28. The number of ether oxygens (including phenoxy) is 1. The van der Waals surface area contributed by atoms with Crippen LogP contribution < -0.4 is 10.2 Å². The number of hydrogen-bond donors (Lipinski definition) is 1. The van der Waals surface area contributed by atoms with Gasteiger partial charge in [-0.15, -0.1) is 11.3 Å². The van der Waals surface area contributed by atoms with Gasteiger partial charge in [0.15, 0.2) is 0 Å². The molecule has 0 spiro atoms. The van der Waals surface area contributed by atoms with E-state index in [-0.39, 0.29) is 17.7 Å². The molecule has 1 amide bonds. The summed E-state index contributed by atoms with van der Waals surface area (Å²) in [6.45, 7) is 7.91. The van der Waals surface area contributed by atoms with E-state index in [4.69, 9.17) is 4.74 Å². The molecule has 174 valence electrons. The lowest BCUT2D eigenvalue weighted by molar-refractivity contribution is -0.112. The minimum Gasteiger partial charge on any atom is -0.462 e. The number of nitriles is 1. The number of thiophene rings is 1. The van der Waals surface area contributed by atoms with Crippen molar-refractivity contribution in [1.29, 1.82) is 5.26 Å². The Balaban J connectivity index is 1.88. The Hall–Kier alpha value is -3.89. The molecular weight excluding hydrogens is 446 g/mol. The third-order valence-corrected chi connectivity index (χ3v) is 6.18. The first kappa shape index (κ1) is 24.7. The van der Waals surface area contributed by atoms with Crippen LogP contribution in [0.5, 0.6) is 0 Å². The van der Waals surface area contributed by atoms with Crippen molar-refractivity contribution in [1.82, 2.24) is 0 Å². The van der Waals surface area contributed by atoms with Gasteiger partial charge in [-0.3, -0.25) is 4.79 Å². The van der Waals surface area contributed by atoms with Crippen LogP contribution in [-0.2, 0) is 9.53 Å². The molecule has 1 N–H and O–H groups in total. The number of benzene rings is 2. The van der Waals surface area contributed by atoms with E-state index in [1.807, 2.05) is 60.7 Å². The number of esters is 1. The maximum absolute atomic E-state index is 12.9. The molecule has 0 fully saturated rings. The Morgan fingerprint density at radius 2 is 1.74 bits per heavy atom. The predicted octanol–water partition coefficient (Wildman–Crippen LogP) is 5.98. The Bertz CT molecular complexity index is 1200. The molecular formula is C27H27N3O3S. The number of carbonyl (C=O) groups is 2. The first-order valence-corrected chi connectivity index (χ1v) is 12.0. The number of anilines is 2. The molecule has 0 aliphatic carbocycles. The van der Waals surface area contributed by atoms with Crippen LogP contribution in [0.2, 0.25) is 0 Å². The van der Waals surface area contributed by atoms with Crippen LogP contribution in [0, 0.1) is 11.3 Å². The normalized spacial score (nSPS) is 10.9. The van der Waals surface area contributed by atoms with Gasteiger partial charge >= 0.3 is 5.97 Å². The van der Waals surface area contributed by atoms with Gasteiger partial charge in [-0.1, -0.05) is 42.5 Å². The second-order valence-corrected chi connectivity index (χ2v) is 8.21. The van der Waals surface area contributed by atoms with Gasteiger partial charge in [0.2, 0.25) is 0 Å². The highest BCUT2D eigenvalue weighted by Gasteiger charge is 2.23. The number of amides is 1. The fraction of sp³-hybridized carbons (Fsp3) is 0.222. The average molecular weight is 474 g/mol. The number of rotatable bonds is 9. The molecule has 0 aliphatic rings. The number of carbonyl (C=O) groups excluding carboxylic acids is 2. The molecule has 1 heterocycles. The maximum atomic E-state index is 12.9. The van der Waals surface area contributed by atoms with Crippen molar-refractivity contribution in [3.05, 3.63) is 76.7 Å². The fourth-order valence-electron chi connectivity index (χ4n) is 3.54. The molecule has 6 nitrogen and oxygen atoms in total. The molecule has 0 radical (unpaired) electrons. The third kappa shape index (κ3) is 5.72.